The van der Waals surface area contributed by atoms with Crippen LogP contribution in [-0.2, 0) is 10.1 Å². The molecule has 4 aromatic carbocycles. The molecule has 0 aliphatic heterocycles. The molecule has 0 aromatic heterocycles. The van der Waals surface area contributed by atoms with E-state index in [1.54, 1.807) is 36.5 Å². The fourth-order valence-corrected chi connectivity index (χ4v) is 4.29. The molecular formula is C25H17BrClNO4S. The molecule has 5 nitrogen and oxygen atoms in total. The van der Waals surface area contributed by atoms with Crippen molar-refractivity contribution < 1.29 is 17.3 Å². The molecule has 0 atom stereocenters. The Labute approximate surface area is 205 Å². The number of rotatable bonds is 7. The summed E-state index contributed by atoms with van der Waals surface area (Å²) in [7, 11) is -4.04. The molecule has 8 heteroatoms. The number of benzene rings is 4. The van der Waals surface area contributed by atoms with Gasteiger partial charge < -0.3 is 8.92 Å². The molecule has 0 heterocycles. The Morgan fingerprint density at radius 1 is 0.818 bits per heavy atom. The molecule has 166 valence electrons. The Kier molecular flexibility index (Phi) is 7.13. The molecule has 0 spiro atoms. The highest BCUT2D eigenvalue weighted by Gasteiger charge is 2.18. The SMILES string of the molecule is O=S(=O)(Oc1ccc(Br)cc1C=Nc1ccc(Oc2ccccc2)cc1)c1ccc(Cl)cc1. The summed E-state index contributed by atoms with van der Waals surface area (Å²) in [5, 5.41) is 0.436. The van der Waals surface area contributed by atoms with Gasteiger partial charge in [0.1, 0.15) is 16.4 Å². The standard InChI is InChI=1S/C25H17BrClNO4S/c26-19-6-15-25(32-33(29,30)24-13-7-20(27)8-14-24)18(16-19)17-28-21-9-11-23(12-10-21)31-22-4-2-1-3-5-22/h1-17H. The van der Waals surface area contributed by atoms with E-state index in [2.05, 4.69) is 20.9 Å². The summed E-state index contributed by atoms with van der Waals surface area (Å²) in [6.45, 7) is 0. The average molecular weight is 543 g/mol. The largest absolute Gasteiger partial charge is 0.457 e. The summed E-state index contributed by atoms with van der Waals surface area (Å²) in [5.74, 6) is 1.58. The average Bonchev–Trinajstić information content (AvgIpc) is 2.81. The number of para-hydroxylation sites is 1. The van der Waals surface area contributed by atoms with Gasteiger partial charge in [-0.15, -0.1) is 0 Å². The van der Waals surface area contributed by atoms with Crippen LogP contribution in [0.25, 0.3) is 0 Å². The van der Waals surface area contributed by atoms with Gasteiger partial charge in [0.15, 0.2) is 5.75 Å². The maximum absolute atomic E-state index is 12.7. The van der Waals surface area contributed by atoms with Crippen LogP contribution in [0.2, 0.25) is 5.02 Å². The number of ether oxygens (including phenoxy) is 1. The zero-order valence-corrected chi connectivity index (χ0v) is 20.2. The summed E-state index contributed by atoms with van der Waals surface area (Å²) < 4.78 is 37.3. The summed E-state index contributed by atoms with van der Waals surface area (Å²) in [6, 6.07) is 27.5. The van der Waals surface area contributed by atoms with Crippen molar-refractivity contribution in [2.24, 2.45) is 4.99 Å². The predicted molar refractivity (Wildman–Crippen MR) is 134 cm³/mol. The van der Waals surface area contributed by atoms with Gasteiger partial charge in [-0.3, -0.25) is 4.99 Å². The highest BCUT2D eigenvalue weighted by molar-refractivity contribution is 9.10. The molecule has 0 saturated carbocycles. The Morgan fingerprint density at radius 3 is 2.18 bits per heavy atom. The van der Waals surface area contributed by atoms with Gasteiger partial charge in [0.2, 0.25) is 0 Å². The van der Waals surface area contributed by atoms with Crippen molar-refractivity contribution >= 4 is 49.6 Å². The van der Waals surface area contributed by atoms with Crippen LogP contribution in [0.1, 0.15) is 5.56 Å². The third kappa shape index (κ3) is 6.22. The molecule has 4 rings (SSSR count). The summed E-state index contributed by atoms with van der Waals surface area (Å²) in [4.78, 5) is 4.45. The molecule has 0 N–H and O–H groups in total. The number of hydrogen-bond acceptors (Lipinski definition) is 5. The quantitative estimate of drug-likeness (QED) is 0.180. The van der Waals surface area contributed by atoms with Gasteiger partial charge in [-0.1, -0.05) is 45.7 Å². The number of aliphatic imine (C=N–C) groups is 1. The maximum atomic E-state index is 12.7. The molecule has 0 amide bonds. The van der Waals surface area contributed by atoms with Crippen molar-refractivity contribution in [2.45, 2.75) is 4.90 Å². The van der Waals surface area contributed by atoms with Crippen LogP contribution >= 0.6 is 27.5 Å². The molecule has 0 saturated heterocycles. The Hall–Kier alpha value is -3.13. The van der Waals surface area contributed by atoms with E-state index < -0.39 is 10.1 Å². The van der Waals surface area contributed by atoms with Gasteiger partial charge in [-0.2, -0.15) is 8.42 Å². The summed E-state index contributed by atoms with van der Waals surface area (Å²) in [5.41, 5.74) is 1.16. The second kappa shape index (κ2) is 10.2. The van der Waals surface area contributed by atoms with Crippen molar-refractivity contribution in [1.82, 2.24) is 0 Å². The van der Waals surface area contributed by atoms with Crippen LogP contribution in [0.5, 0.6) is 17.2 Å². The highest BCUT2D eigenvalue weighted by atomic mass is 79.9. The van der Waals surface area contributed by atoms with Crippen molar-refractivity contribution in [2.75, 3.05) is 0 Å². The van der Waals surface area contributed by atoms with Gasteiger partial charge in [0.05, 0.1) is 5.69 Å². The second-order valence-electron chi connectivity index (χ2n) is 6.84. The lowest BCUT2D eigenvalue weighted by Crippen LogP contribution is -2.10. The van der Waals surface area contributed by atoms with E-state index in [0.29, 0.717) is 22.0 Å². The number of nitrogens with zero attached hydrogens (tertiary/aromatic N) is 1. The minimum atomic E-state index is -4.04. The Morgan fingerprint density at radius 2 is 1.48 bits per heavy atom. The third-order valence-electron chi connectivity index (χ3n) is 4.44. The molecule has 0 fully saturated rings. The van der Waals surface area contributed by atoms with Crippen LogP contribution in [-0.4, -0.2) is 14.6 Å². The number of halogens is 2. The second-order valence-corrected chi connectivity index (χ2v) is 9.74. The lowest BCUT2D eigenvalue weighted by atomic mass is 10.2. The van der Waals surface area contributed by atoms with Crippen LogP contribution in [0, 0.1) is 0 Å². The fourth-order valence-electron chi connectivity index (χ4n) is 2.83. The van der Waals surface area contributed by atoms with Crippen molar-refractivity contribution in [3.63, 3.8) is 0 Å². The van der Waals surface area contributed by atoms with Gasteiger partial charge in [-0.25, -0.2) is 0 Å². The molecule has 0 bridgehead atoms. The first-order valence-electron chi connectivity index (χ1n) is 9.76. The highest BCUT2D eigenvalue weighted by Crippen LogP contribution is 2.28. The minimum absolute atomic E-state index is 0.00622. The van der Waals surface area contributed by atoms with E-state index in [-0.39, 0.29) is 10.6 Å². The third-order valence-corrected chi connectivity index (χ3v) is 6.44. The van der Waals surface area contributed by atoms with E-state index >= 15 is 0 Å². The molecule has 0 unspecified atom stereocenters. The van der Waals surface area contributed by atoms with E-state index in [9.17, 15) is 8.42 Å². The molecule has 0 aliphatic rings. The predicted octanol–water partition coefficient (Wildman–Crippen LogP) is 7.41. The van der Waals surface area contributed by atoms with Crippen LogP contribution in [0.3, 0.4) is 0 Å². The van der Waals surface area contributed by atoms with Gasteiger partial charge in [-0.05, 0) is 78.9 Å². The van der Waals surface area contributed by atoms with Gasteiger partial charge in [0.25, 0.3) is 0 Å². The lowest BCUT2D eigenvalue weighted by molar-refractivity contribution is 0.482. The monoisotopic (exact) mass is 541 g/mol. The van der Waals surface area contributed by atoms with E-state index in [4.69, 9.17) is 20.5 Å². The molecular weight excluding hydrogens is 526 g/mol. The van der Waals surface area contributed by atoms with E-state index in [1.807, 2.05) is 42.5 Å². The first-order chi connectivity index (χ1) is 15.9. The lowest BCUT2D eigenvalue weighted by Gasteiger charge is -2.10. The Bertz CT molecular complexity index is 1370. The smallest absolute Gasteiger partial charge is 0.339 e. The van der Waals surface area contributed by atoms with Crippen molar-refractivity contribution in [3.8, 4) is 17.2 Å². The Balaban J connectivity index is 1.53. The van der Waals surface area contributed by atoms with E-state index in [0.717, 1.165) is 10.2 Å². The summed E-state index contributed by atoms with van der Waals surface area (Å²) in [6.07, 6.45) is 1.55. The van der Waals surface area contributed by atoms with Gasteiger partial charge in [0, 0.05) is 21.3 Å². The molecule has 0 aliphatic carbocycles. The van der Waals surface area contributed by atoms with E-state index in [1.165, 1.54) is 24.3 Å². The zero-order valence-electron chi connectivity index (χ0n) is 17.1. The van der Waals surface area contributed by atoms with Gasteiger partial charge >= 0.3 is 10.1 Å². The van der Waals surface area contributed by atoms with Crippen LogP contribution in [0.15, 0.2) is 111 Å². The zero-order chi connectivity index (χ0) is 23.3. The maximum Gasteiger partial charge on any atom is 0.339 e. The molecule has 33 heavy (non-hydrogen) atoms. The van der Waals surface area contributed by atoms with Crippen molar-refractivity contribution in [1.29, 1.82) is 0 Å². The minimum Gasteiger partial charge on any atom is -0.457 e. The first-order valence-corrected chi connectivity index (χ1v) is 12.3. The number of hydrogen-bond donors (Lipinski definition) is 0. The molecule has 0 radical (unpaired) electrons. The summed E-state index contributed by atoms with van der Waals surface area (Å²) >= 11 is 9.25. The van der Waals surface area contributed by atoms with Crippen LogP contribution < -0.4 is 8.92 Å². The first kappa shape index (κ1) is 23.0. The fraction of sp³-hybridized carbons (Fsp3) is 0. The van der Waals surface area contributed by atoms with Crippen LogP contribution in [0.4, 0.5) is 5.69 Å². The normalized spacial score (nSPS) is 11.5. The van der Waals surface area contributed by atoms with Crippen molar-refractivity contribution in [3.05, 3.63) is 112 Å². The topological polar surface area (TPSA) is 65.0 Å². The molecule has 4 aromatic rings.